The summed E-state index contributed by atoms with van der Waals surface area (Å²) in [5, 5.41) is 10.1. The average Bonchev–Trinajstić information content (AvgIpc) is 1.88. The summed E-state index contributed by atoms with van der Waals surface area (Å²) in [5.74, 6) is 0.104. The van der Waals surface area contributed by atoms with E-state index in [2.05, 4.69) is 11.6 Å². The van der Waals surface area contributed by atoms with Crippen LogP contribution in [0.2, 0.25) is 0 Å². The molecule has 0 radical (unpaired) electrons. The van der Waals surface area contributed by atoms with Gasteiger partial charge in [0, 0.05) is 5.54 Å². The molecule has 0 aromatic carbocycles. The van der Waals surface area contributed by atoms with Gasteiger partial charge in [-0.15, -0.1) is 0 Å². The van der Waals surface area contributed by atoms with Crippen molar-refractivity contribution in [2.24, 2.45) is 0 Å². The highest BCUT2D eigenvalue weighted by Gasteiger charge is 1.86. The van der Waals surface area contributed by atoms with Crippen LogP contribution in [0, 0.1) is 0 Å². The number of pyridine rings is 1. The van der Waals surface area contributed by atoms with Gasteiger partial charge in [0.05, 0.1) is 11.5 Å². The average molecular weight is 156 g/mol. The quantitative estimate of drug-likeness (QED) is 0.580. The van der Waals surface area contributed by atoms with E-state index in [1.807, 2.05) is 0 Å². The lowest BCUT2D eigenvalue weighted by Crippen LogP contribution is -2.24. The van der Waals surface area contributed by atoms with Crippen molar-refractivity contribution in [2.75, 3.05) is 0 Å². The summed E-state index contributed by atoms with van der Waals surface area (Å²) in [6.45, 7) is 3.61. The zero-order valence-electron chi connectivity index (χ0n) is 5.21. The van der Waals surface area contributed by atoms with Gasteiger partial charge < -0.3 is 5.11 Å². The maximum absolute atomic E-state index is 8.87. The van der Waals surface area contributed by atoms with Crippen molar-refractivity contribution in [3.05, 3.63) is 22.8 Å². The van der Waals surface area contributed by atoms with Crippen LogP contribution in [0.4, 0.5) is 0 Å². The zero-order chi connectivity index (χ0) is 7.56. The summed E-state index contributed by atoms with van der Waals surface area (Å²) in [5.41, 5.74) is 1.32. The second-order valence-electron chi connectivity index (χ2n) is 1.85. The molecule has 0 amide bonds. The van der Waals surface area contributed by atoms with E-state index < -0.39 is 0 Å². The van der Waals surface area contributed by atoms with E-state index in [1.54, 1.807) is 0 Å². The first kappa shape index (κ1) is 7.09. The molecule has 0 fully saturated rings. The molecule has 0 aliphatic heterocycles. The highest BCUT2D eigenvalue weighted by molar-refractivity contribution is 6.38. The van der Waals surface area contributed by atoms with Crippen molar-refractivity contribution in [3.63, 3.8) is 0 Å². The molecule has 10 heavy (non-hydrogen) atoms. The fourth-order valence-electron chi connectivity index (χ4n) is 0.607. The monoisotopic (exact) mass is 155 g/mol. The van der Waals surface area contributed by atoms with E-state index in [0.717, 1.165) is 0 Å². The van der Waals surface area contributed by atoms with Gasteiger partial charge in [-0.2, -0.15) is 0 Å². The minimum Gasteiger partial charge on any atom is -0.506 e. The highest BCUT2D eigenvalue weighted by atomic mass is 35.5. The molecule has 0 saturated heterocycles. The van der Waals surface area contributed by atoms with Gasteiger partial charge in [-0.1, -0.05) is 18.2 Å². The Morgan fingerprint density at radius 3 is 2.90 bits per heavy atom. The normalized spacial score (nSPS) is 11.9. The molecule has 0 aliphatic rings. The number of halogens is 1. The molecule has 1 heterocycles. The number of rotatable bonds is 0. The molecule has 52 valence electrons. The van der Waals surface area contributed by atoms with Gasteiger partial charge in [0.25, 0.3) is 0 Å². The minimum atomic E-state index is 0.104. The second kappa shape index (κ2) is 2.71. The Morgan fingerprint density at radius 1 is 1.70 bits per heavy atom. The Balaban J connectivity index is 3.50. The molecule has 0 saturated carbocycles. The van der Waals surface area contributed by atoms with Crippen molar-refractivity contribution in [3.8, 4) is 5.75 Å². The summed E-state index contributed by atoms with van der Waals surface area (Å²) < 4.78 is 0. The molecule has 1 aromatic rings. The Bertz CT molecular complexity index is 334. The third kappa shape index (κ3) is 1.28. The van der Waals surface area contributed by atoms with Crippen LogP contribution in [0.15, 0.2) is 12.3 Å². The van der Waals surface area contributed by atoms with Crippen LogP contribution in [-0.4, -0.2) is 10.1 Å². The molecule has 1 N–H and O–H groups in total. The Morgan fingerprint density at radius 2 is 2.40 bits per heavy atom. The number of nitrogens with zero attached hydrogens (tertiary/aromatic N) is 1. The van der Waals surface area contributed by atoms with Gasteiger partial charge in [0.2, 0.25) is 0 Å². The van der Waals surface area contributed by atoms with Gasteiger partial charge in [0.15, 0.2) is 0 Å². The summed E-state index contributed by atoms with van der Waals surface area (Å²) >= 11 is 5.38. The maximum Gasteiger partial charge on any atom is 0.134 e. The van der Waals surface area contributed by atoms with Crippen LogP contribution in [0.25, 0.3) is 12.1 Å². The van der Waals surface area contributed by atoms with Gasteiger partial charge in [0.1, 0.15) is 5.75 Å². The molecule has 2 nitrogen and oxygen atoms in total. The standard InChI is InChI=1S/C7H6ClNO/c1-5-2-6(10)4-9-7(5)3-8/h2-4,10H,1H2. The molecular weight excluding hydrogens is 150 g/mol. The number of hydrogen-bond acceptors (Lipinski definition) is 2. The first-order valence-electron chi connectivity index (χ1n) is 2.68. The fraction of sp³-hybridized carbons (Fsp3) is 0. The first-order chi connectivity index (χ1) is 4.74. The van der Waals surface area contributed by atoms with E-state index >= 15 is 0 Å². The molecule has 0 unspecified atom stereocenters. The second-order valence-corrected chi connectivity index (χ2v) is 2.07. The lowest BCUT2D eigenvalue weighted by atomic mass is 10.4. The van der Waals surface area contributed by atoms with Crippen molar-refractivity contribution >= 4 is 23.7 Å². The van der Waals surface area contributed by atoms with Gasteiger partial charge in [-0.05, 0) is 11.3 Å². The molecule has 1 aromatic heterocycles. The number of hydrogen-bond donors (Lipinski definition) is 1. The van der Waals surface area contributed by atoms with Crippen LogP contribution in [0.1, 0.15) is 0 Å². The Labute approximate surface area is 63.1 Å². The first-order valence-corrected chi connectivity index (χ1v) is 3.12. The van der Waals surface area contributed by atoms with E-state index in [4.69, 9.17) is 16.7 Å². The Kier molecular flexibility index (Phi) is 1.92. The predicted molar refractivity (Wildman–Crippen MR) is 41.0 cm³/mol. The van der Waals surface area contributed by atoms with E-state index in [0.29, 0.717) is 10.6 Å². The number of aromatic hydroxyl groups is 1. The summed E-state index contributed by atoms with van der Waals surface area (Å²) in [4.78, 5) is 3.80. The van der Waals surface area contributed by atoms with Gasteiger partial charge in [-0.25, -0.2) is 0 Å². The molecule has 0 atom stereocenters. The molecule has 1 rings (SSSR count). The summed E-state index contributed by atoms with van der Waals surface area (Å²) in [7, 11) is 0. The topological polar surface area (TPSA) is 33.1 Å². The number of aromatic nitrogens is 1. The van der Waals surface area contributed by atoms with Crippen LogP contribution in [-0.2, 0) is 0 Å². The largest absolute Gasteiger partial charge is 0.506 e. The molecule has 0 spiro atoms. The zero-order valence-corrected chi connectivity index (χ0v) is 5.97. The van der Waals surface area contributed by atoms with Crippen LogP contribution in [0.3, 0.4) is 0 Å². The maximum atomic E-state index is 8.87. The SMILES string of the molecule is C=c1cc(O)cnc1=CCl. The van der Waals surface area contributed by atoms with Gasteiger partial charge >= 0.3 is 0 Å². The van der Waals surface area contributed by atoms with Crippen molar-refractivity contribution in [1.29, 1.82) is 0 Å². The summed E-state index contributed by atoms with van der Waals surface area (Å²) in [6, 6.07) is 1.50. The Hall–Kier alpha value is -1.02. The van der Waals surface area contributed by atoms with Gasteiger partial charge in [-0.3, -0.25) is 4.98 Å². The molecule has 3 heteroatoms. The highest BCUT2D eigenvalue weighted by Crippen LogP contribution is 1.95. The molecule has 0 aliphatic carbocycles. The van der Waals surface area contributed by atoms with Crippen LogP contribution >= 0.6 is 11.6 Å². The van der Waals surface area contributed by atoms with E-state index in [1.165, 1.54) is 17.8 Å². The van der Waals surface area contributed by atoms with Crippen LogP contribution in [0.5, 0.6) is 5.75 Å². The third-order valence-electron chi connectivity index (χ3n) is 1.09. The van der Waals surface area contributed by atoms with Crippen molar-refractivity contribution in [2.45, 2.75) is 0 Å². The fourth-order valence-corrected chi connectivity index (χ4v) is 0.803. The molecule has 0 bridgehead atoms. The van der Waals surface area contributed by atoms with E-state index in [-0.39, 0.29) is 5.75 Å². The smallest absolute Gasteiger partial charge is 0.134 e. The van der Waals surface area contributed by atoms with Crippen LogP contribution < -0.4 is 10.6 Å². The van der Waals surface area contributed by atoms with Crippen molar-refractivity contribution < 1.29 is 5.11 Å². The summed E-state index contributed by atoms with van der Waals surface area (Å²) in [6.07, 6.45) is 1.32. The third-order valence-corrected chi connectivity index (χ3v) is 1.30. The van der Waals surface area contributed by atoms with E-state index in [9.17, 15) is 0 Å². The predicted octanol–water partition coefficient (Wildman–Crippen LogP) is 0.174. The lowest BCUT2D eigenvalue weighted by Gasteiger charge is -1.88. The van der Waals surface area contributed by atoms with Crippen molar-refractivity contribution in [1.82, 2.24) is 4.98 Å². The minimum absolute atomic E-state index is 0.104. The molecular formula is C7H6ClNO. The lowest BCUT2D eigenvalue weighted by molar-refractivity contribution is 0.471.